The molecule has 0 fully saturated rings. The third-order valence-electron chi connectivity index (χ3n) is 1.37. The Hall–Kier alpha value is 0.266. The average Bonchev–Trinajstić information content (AvgIpc) is 1.93. The minimum Gasteiger partial charge on any atom is -1.00 e. The summed E-state index contributed by atoms with van der Waals surface area (Å²) in [5.41, 5.74) is 1.14. The first-order chi connectivity index (χ1) is 5.20. The van der Waals surface area contributed by atoms with Crippen LogP contribution < -0.4 is 21.7 Å². The first kappa shape index (κ1) is 15.7. The summed E-state index contributed by atoms with van der Waals surface area (Å²) in [6.07, 6.45) is 0.229. The Kier molecular flexibility index (Phi) is 9.25. The summed E-state index contributed by atoms with van der Waals surface area (Å²) in [5, 5.41) is 0. The van der Waals surface area contributed by atoms with Crippen LogP contribution in [0, 0.1) is 13.0 Å². The Morgan fingerprint density at radius 1 is 1.38 bits per heavy atom. The van der Waals surface area contributed by atoms with Gasteiger partial charge in [-0.1, -0.05) is 6.92 Å². The Balaban J connectivity index is 0. The SMILES string of the molecule is Cc1ccc[c-]c1OC(C)C.[Br-].[Mg+2]. The zero-order chi connectivity index (χ0) is 8.27. The van der Waals surface area contributed by atoms with Gasteiger partial charge in [0.2, 0.25) is 0 Å². The molecule has 0 N–H and O–H groups in total. The fraction of sp³-hybridized carbons (Fsp3) is 0.400. The van der Waals surface area contributed by atoms with Gasteiger partial charge in [-0.3, -0.25) is 0 Å². The molecule has 0 amide bonds. The zero-order valence-corrected chi connectivity index (χ0v) is 11.3. The predicted molar refractivity (Wildman–Crippen MR) is 51.5 cm³/mol. The van der Waals surface area contributed by atoms with Gasteiger partial charge in [0.1, 0.15) is 0 Å². The normalized spacial score (nSPS) is 8.62. The summed E-state index contributed by atoms with van der Waals surface area (Å²) in [6.45, 7) is 6.05. The molecule has 0 saturated heterocycles. The summed E-state index contributed by atoms with van der Waals surface area (Å²) in [4.78, 5) is 0. The smallest absolute Gasteiger partial charge is 1.00 e. The van der Waals surface area contributed by atoms with E-state index in [1.165, 1.54) is 0 Å². The van der Waals surface area contributed by atoms with E-state index < -0.39 is 0 Å². The van der Waals surface area contributed by atoms with Crippen LogP contribution >= 0.6 is 0 Å². The van der Waals surface area contributed by atoms with Gasteiger partial charge >= 0.3 is 23.1 Å². The fourth-order valence-corrected chi connectivity index (χ4v) is 0.868. The van der Waals surface area contributed by atoms with Crippen LogP contribution in [0.25, 0.3) is 0 Å². The molecule has 0 aliphatic rings. The van der Waals surface area contributed by atoms with Crippen molar-refractivity contribution in [3.8, 4) is 5.75 Å². The second-order valence-corrected chi connectivity index (χ2v) is 2.85. The van der Waals surface area contributed by atoms with Crippen molar-refractivity contribution in [2.45, 2.75) is 26.9 Å². The van der Waals surface area contributed by atoms with Crippen LogP contribution in [0.15, 0.2) is 18.2 Å². The molecule has 1 rings (SSSR count). The number of rotatable bonds is 2. The van der Waals surface area contributed by atoms with E-state index in [4.69, 9.17) is 4.74 Å². The Bertz CT molecular complexity index is 238. The van der Waals surface area contributed by atoms with Gasteiger partial charge in [0.15, 0.2) is 0 Å². The van der Waals surface area contributed by atoms with Crippen LogP contribution in [0.3, 0.4) is 0 Å². The molecule has 0 saturated carbocycles. The molecule has 0 spiro atoms. The molecular formula is C10H13BrMgO. The van der Waals surface area contributed by atoms with Gasteiger partial charge in [-0.15, -0.1) is 11.6 Å². The predicted octanol–water partition coefficient (Wildman–Crippen LogP) is -0.794. The Morgan fingerprint density at radius 3 is 2.46 bits per heavy atom. The van der Waals surface area contributed by atoms with Gasteiger partial charge in [0.05, 0.1) is 6.10 Å². The van der Waals surface area contributed by atoms with E-state index in [2.05, 4.69) is 6.07 Å². The maximum atomic E-state index is 5.49. The van der Waals surface area contributed by atoms with Crippen LogP contribution in [-0.2, 0) is 0 Å². The van der Waals surface area contributed by atoms with E-state index in [-0.39, 0.29) is 46.1 Å². The minimum atomic E-state index is 0. The van der Waals surface area contributed by atoms with Gasteiger partial charge in [-0.05, 0) is 13.8 Å². The minimum absolute atomic E-state index is 0. The van der Waals surface area contributed by atoms with Crippen molar-refractivity contribution in [2.75, 3.05) is 0 Å². The molecule has 1 aromatic rings. The molecule has 3 heteroatoms. The van der Waals surface area contributed by atoms with Crippen LogP contribution in [0.4, 0.5) is 0 Å². The van der Waals surface area contributed by atoms with Crippen molar-refractivity contribution in [2.24, 2.45) is 0 Å². The number of halogens is 1. The number of hydrogen-bond donors (Lipinski definition) is 0. The second kappa shape index (κ2) is 7.65. The fourth-order valence-electron chi connectivity index (χ4n) is 0.868. The zero-order valence-electron chi connectivity index (χ0n) is 8.30. The topological polar surface area (TPSA) is 9.23 Å². The Labute approximate surface area is 107 Å². The van der Waals surface area contributed by atoms with E-state index >= 15 is 0 Å². The average molecular weight is 253 g/mol. The van der Waals surface area contributed by atoms with E-state index in [0.29, 0.717) is 0 Å². The van der Waals surface area contributed by atoms with Crippen molar-refractivity contribution >= 4 is 23.1 Å². The Morgan fingerprint density at radius 2 is 2.00 bits per heavy atom. The van der Waals surface area contributed by atoms with Gasteiger partial charge in [-0.25, -0.2) is 0 Å². The van der Waals surface area contributed by atoms with Crippen LogP contribution in [-0.4, -0.2) is 29.2 Å². The maximum Gasteiger partial charge on any atom is 2.00 e. The number of hydrogen-bond acceptors (Lipinski definition) is 1. The van der Waals surface area contributed by atoms with Crippen LogP contribution in [0.5, 0.6) is 5.75 Å². The van der Waals surface area contributed by atoms with Gasteiger partial charge < -0.3 is 21.7 Å². The summed E-state index contributed by atoms with van der Waals surface area (Å²) in [6, 6.07) is 8.89. The van der Waals surface area contributed by atoms with Crippen LogP contribution in [0.2, 0.25) is 0 Å². The van der Waals surface area contributed by atoms with Crippen molar-refractivity contribution in [1.29, 1.82) is 0 Å². The molecule has 0 aromatic heterocycles. The molecule has 0 atom stereocenters. The molecular weight excluding hydrogens is 240 g/mol. The summed E-state index contributed by atoms with van der Waals surface area (Å²) in [7, 11) is 0. The number of benzene rings is 1. The summed E-state index contributed by atoms with van der Waals surface area (Å²) in [5.74, 6) is 0.863. The second-order valence-electron chi connectivity index (χ2n) is 2.85. The number of ether oxygens (including phenoxy) is 1. The number of aryl methyl sites for hydroxylation is 1. The molecule has 0 aliphatic carbocycles. The number of para-hydroxylation sites is 1. The van der Waals surface area contributed by atoms with Crippen molar-refractivity contribution in [3.63, 3.8) is 0 Å². The van der Waals surface area contributed by atoms with E-state index in [1.54, 1.807) is 0 Å². The molecule has 1 aromatic carbocycles. The van der Waals surface area contributed by atoms with Crippen molar-refractivity contribution in [1.82, 2.24) is 0 Å². The third-order valence-corrected chi connectivity index (χ3v) is 1.37. The standard InChI is InChI=1S/C10H13O.BrH.Mg/c1-8(2)11-10-7-5-4-6-9(10)3;;/h4-6,8H,1-3H3;1H;/q-1;;+2/p-1. The van der Waals surface area contributed by atoms with Gasteiger partial charge in [0.25, 0.3) is 0 Å². The molecule has 0 bridgehead atoms. The maximum absolute atomic E-state index is 5.49. The quantitative estimate of drug-likeness (QED) is 0.496. The molecule has 0 unspecified atom stereocenters. The van der Waals surface area contributed by atoms with Crippen LogP contribution in [0.1, 0.15) is 19.4 Å². The first-order valence-electron chi connectivity index (χ1n) is 3.84. The molecule has 0 heterocycles. The van der Waals surface area contributed by atoms with E-state index in [9.17, 15) is 0 Å². The molecule has 13 heavy (non-hydrogen) atoms. The van der Waals surface area contributed by atoms with Gasteiger partial charge in [-0.2, -0.15) is 18.2 Å². The largest absolute Gasteiger partial charge is 2.00 e. The van der Waals surface area contributed by atoms with Crippen molar-refractivity contribution in [3.05, 3.63) is 29.8 Å². The van der Waals surface area contributed by atoms with E-state index in [0.717, 1.165) is 11.3 Å². The molecule has 0 radical (unpaired) electrons. The van der Waals surface area contributed by atoms with Crippen molar-refractivity contribution < 1.29 is 21.7 Å². The third kappa shape index (κ3) is 5.55. The van der Waals surface area contributed by atoms with Gasteiger partial charge in [0, 0.05) is 5.75 Å². The molecule has 0 aliphatic heterocycles. The summed E-state index contributed by atoms with van der Waals surface area (Å²) < 4.78 is 5.49. The molecule has 68 valence electrons. The molecule has 1 nitrogen and oxygen atoms in total. The first-order valence-corrected chi connectivity index (χ1v) is 3.84. The van der Waals surface area contributed by atoms with E-state index in [1.807, 2.05) is 39.0 Å². The summed E-state index contributed by atoms with van der Waals surface area (Å²) >= 11 is 0. The monoisotopic (exact) mass is 252 g/mol.